The van der Waals surface area contributed by atoms with Crippen LogP contribution in [0.5, 0.6) is 0 Å². The average Bonchev–Trinajstić information content (AvgIpc) is 2.60. The first-order valence-electron chi connectivity index (χ1n) is 7.83. The van der Waals surface area contributed by atoms with Crippen LogP contribution in [0.15, 0.2) is 24.5 Å². The molecule has 1 aromatic heterocycles. The van der Waals surface area contributed by atoms with Gasteiger partial charge in [0.1, 0.15) is 19.3 Å². The molecule has 0 radical (unpaired) electrons. The third-order valence-electron chi connectivity index (χ3n) is 3.78. The van der Waals surface area contributed by atoms with Crippen molar-refractivity contribution in [2.24, 2.45) is 0 Å². The fourth-order valence-electron chi connectivity index (χ4n) is 2.56. The van der Waals surface area contributed by atoms with Crippen LogP contribution in [-0.4, -0.2) is 58.6 Å². The maximum atomic E-state index is 12.1. The van der Waals surface area contributed by atoms with Gasteiger partial charge in [-0.3, -0.25) is 14.6 Å². The van der Waals surface area contributed by atoms with Crippen molar-refractivity contribution in [2.45, 2.75) is 31.8 Å². The molecule has 1 fully saturated rings. The zero-order chi connectivity index (χ0) is 17.4. The molecule has 0 aliphatic carbocycles. The Morgan fingerprint density at radius 3 is 2.88 bits per heavy atom. The van der Waals surface area contributed by atoms with Gasteiger partial charge < -0.3 is 20.1 Å². The lowest BCUT2D eigenvalue weighted by Gasteiger charge is -2.32. The number of ether oxygens (including phenoxy) is 1. The van der Waals surface area contributed by atoms with Gasteiger partial charge in [-0.15, -0.1) is 0 Å². The molecule has 1 atom stereocenters. The summed E-state index contributed by atoms with van der Waals surface area (Å²) in [5.41, 5.74) is 0.861. The van der Waals surface area contributed by atoms with Crippen LogP contribution in [0.25, 0.3) is 0 Å². The lowest BCUT2D eigenvalue weighted by Crippen LogP contribution is -2.49. The molecule has 0 aromatic carbocycles. The first-order chi connectivity index (χ1) is 11.6. The molecule has 1 aliphatic rings. The van der Waals surface area contributed by atoms with Gasteiger partial charge in [0.05, 0.1) is 0 Å². The second-order valence-corrected chi connectivity index (χ2v) is 5.57. The van der Waals surface area contributed by atoms with E-state index in [0.717, 1.165) is 18.4 Å². The topological polar surface area (TPSA) is 109 Å². The third kappa shape index (κ3) is 5.31. The van der Waals surface area contributed by atoms with E-state index < -0.39 is 17.9 Å². The summed E-state index contributed by atoms with van der Waals surface area (Å²) in [7, 11) is 0. The Labute approximate surface area is 139 Å². The Morgan fingerprint density at radius 1 is 1.33 bits per heavy atom. The van der Waals surface area contributed by atoms with E-state index in [-0.39, 0.29) is 19.1 Å². The summed E-state index contributed by atoms with van der Waals surface area (Å²) >= 11 is 0. The molecule has 24 heavy (non-hydrogen) atoms. The summed E-state index contributed by atoms with van der Waals surface area (Å²) in [5.74, 6) is -1.75. The smallest absolute Gasteiger partial charge is 0.326 e. The minimum atomic E-state index is -1.00. The van der Waals surface area contributed by atoms with Crippen molar-refractivity contribution in [2.75, 3.05) is 19.8 Å². The number of piperidine rings is 1. The van der Waals surface area contributed by atoms with Crippen molar-refractivity contribution in [3.8, 4) is 0 Å². The highest BCUT2D eigenvalue weighted by atomic mass is 16.5. The number of pyridine rings is 1. The normalized spacial score (nSPS) is 17.3. The summed E-state index contributed by atoms with van der Waals surface area (Å²) in [6, 6.07) is 2.81. The molecule has 130 valence electrons. The molecule has 1 aromatic rings. The second kappa shape index (κ2) is 8.97. The van der Waals surface area contributed by atoms with Crippen LogP contribution in [0.4, 0.5) is 0 Å². The van der Waals surface area contributed by atoms with Crippen molar-refractivity contribution < 1.29 is 24.2 Å². The van der Waals surface area contributed by atoms with Gasteiger partial charge in [-0.1, -0.05) is 6.07 Å². The van der Waals surface area contributed by atoms with Crippen LogP contribution in [0, 0.1) is 0 Å². The minimum absolute atomic E-state index is 0.252. The van der Waals surface area contributed by atoms with Gasteiger partial charge >= 0.3 is 5.97 Å². The quantitative estimate of drug-likeness (QED) is 0.736. The molecule has 8 heteroatoms. The van der Waals surface area contributed by atoms with Crippen molar-refractivity contribution in [1.29, 1.82) is 0 Å². The molecule has 0 saturated carbocycles. The van der Waals surface area contributed by atoms with Crippen molar-refractivity contribution in [1.82, 2.24) is 15.2 Å². The molecule has 8 nitrogen and oxygen atoms in total. The van der Waals surface area contributed by atoms with Gasteiger partial charge in [-0.2, -0.15) is 0 Å². The Balaban J connectivity index is 1.69. The third-order valence-corrected chi connectivity index (χ3v) is 3.78. The zero-order valence-corrected chi connectivity index (χ0v) is 13.3. The lowest BCUT2D eigenvalue weighted by molar-refractivity contribution is -0.154. The predicted octanol–water partition coefficient (Wildman–Crippen LogP) is 0.180. The van der Waals surface area contributed by atoms with E-state index in [0.29, 0.717) is 19.5 Å². The van der Waals surface area contributed by atoms with Gasteiger partial charge in [0, 0.05) is 25.5 Å². The van der Waals surface area contributed by atoms with Crippen molar-refractivity contribution in [3.05, 3.63) is 30.1 Å². The van der Waals surface area contributed by atoms with E-state index in [9.17, 15) is 14.4 Å². The molecule has 1 aliphatic heterocycles. The molecule has 2 heterocycles. The number of carbonyl (C=O) groups is 3. The monoisotopic (exact) mass is 335 g/mol. The number of hydrogen-bond acceptors (Lipinski definition) is 5. The first-order valence-corrected chi connectivity index (χ1v) is 7.83. The number of hydrogen-bond donors (Lipinski definition) is 2. The second-order valence-electron chi connectivity index (χ2n) is 5.57. The van der Waals surface area contributed by atoms with Gasteiger partial charge in [0.15, 0.2) is 0 Å². The highest BCUT2D eigenvalue weighted by molar-refractivity contribution is 5.85. The number of nitrogens with zero attached hydrogens (tertiary/aromatic N) is 2. The number of aliphatic carboxylic acids is 1. The highest BCUT2D eigenvalue weighted by Gasteiger charge is 2.31. The van der Waals surface area contributed by atoms with E-state index in [1.165, 1.54) is 4.90 Å². The molecule has 2 N–H and O–H groups in total. The van der Waals surface area contributed by atoms with E-state index in [1.807, 2.05) is 6.07 Å². The Morgan fingerprint density at radius 2 is 2.17 bits per heavy atom. The van der Waals surface area contributed by atoms with Crippen LogP contribution in [0.2, 0.25) is 0 Å². The number of rotatable bonds is 7. The number of nitrogens with one attached hydrogen (secondary N) is 1. The van der Waals surface area contributed by atoms with Gasteiger partial charge in [0.2, 0.25) is 11.8 Å². The Hall–Kier alpha value is -2.48. The molecular formula is C16H21N3O5. The van der Waals surface area contributed by atoms with Crippen LogP contribution >= 0.6 is 0 Å². The number of carboxylic acid groups (broad SMARTS) is 1. The summed E-state index contributed by atoms with van der Waals surface area (Å²) in [5, 5.41) is 11.8. The molecule has 0 spiro atoms. The van der Waals surface area contributed by atoms with Gasteiger partial charge in [-0.25, -0.2) is 4.79 Å². The van der Waals surface area contributed by atoms with Crippen LogP contribution in [0.1, 0.15) is 24.8 Å². The maximum absolute atomic E-state index is 12.1. The van der Waals surface area contributed by atoms with E-state index >= 15 is 0 Å². The fourth-order valence-corrected chi connectivity index (χ4v) is 2.56. The number of likely N-dealkylation sites (tertiary alicyclic amines) is 1. The Bertz CT molecular complexity index is 578. The minimum Gasteiger partial charge on any atom is -0.480 e. The SMILES string of the molecule is O=C(COCC(=O)N1CCCCC1C(=O)O)NCc1cccnc1. The van der Waals surface area contributed by atoms with Crippen LogP contribution in [0.3, 0.4) is 0 Å². The molecule has 2 amide bonds. The van der Waals surface area contributed by atoms with E-state index in [4.69, 9.17) is 9.84 Å². The number of carboxylic acids is 1. The zero-order valence-electron chi connectivity index (χ0n) is 13.3. The van der Waals surface area contributed by atoms with Crippen molar-refractivity contribution >= 4 is 17.8 Å². The molecule has 1 saturated heterocycles. The standard InChI is InChI=1S/C16H21N3O5/c20-14(18-9-12-4-3-6-17-8-12)10-24-11-15(21)19-7-2-1-5-13(19)16(22)23/h3-4,6,8,13H,1-2,5,7,9-11H2,(H,18,20)(H,22,23). The molecular weight excluding hydrogens is 314 g/mol. The number of aromatic nitrogens is 1. The Kier molecular flexibility index (Phi) is 6.68. The molecule has 1 unspecified atom stereocenters. The summed E-state index contributed by atoms with van der Waals surface area (Å²) in [6.07, 6.45) is 5.31. The summed E-state index contributed by atoms with van der Waals surface area (Å²) in [6.45, 7) is 0.186. The van der Waals surface area contributed by atoms with Crippen molar-refractivity contribution in [3.63, 3.8) is 0 Å². The summed E-state index contributed by atoms with van der Waals surface area (Å²) in [4.78, 5) is 40.2. The van der Waals surface area contributed by atoms with E-state index in [2.05, 4.69) is 10.3 Å². The first kappa shape index (κ1) is 17.9. The van der Waals surface area contributed by atoms with Crippen LogP contribution < -0.4 is 5.32 Å². The highest BCUT2D eigenvalue weighted by Crippen LogP contribution is 2.17. The molecule has 2 rings (SSSR count). The predicted molar refractivity (Wildman–Crippen MR) is 83.9 cm³/mol. The fraction of sp³-hybridized carbons (Fsp3) is 0.500. The van der Waals surface area contributed by atoms with Crippen LogP contribution in [-0.2, 0) is 25.7 Å². The average molecular weight is 335 g/mol. The number of carbonyl (C=O) groups excluding carboxylic acids is 2. The number of amides is 2. The van der Waals surface area contributed by atoms with Gasteiger partial charge in [0.25, 0.3) is 0 Å². The van der Waals surface area contributed by atoms with E-state index in [1.54, 1.807) is 18.5 Å². The maximum Gasteiger partial charge on any atom is 0.326 e. The molecule has 0 bridgehead atoms. The summed E-state index contributed by atoms with van der Waals surface area (Å²) < 4.78 is 5.12. The lowest BCUT2D eigenvalue weighted by atomic mass is 10.0. The van der Waals surface area contributed by atoms with Gasteiger partial charge in [-0.05, 0) is 30.9 Å². The largest absolute Gasteiger partial charge is 0.480 e.